The Balaban J connectivity index is 1.93. The van der Waals surface area contributed by atoms with Crippen molar-refractivity contribution >= 4 is 16.6 Å². The Morgan fingerprint density at radius 3 is 2.95 bits per heavy atom. The second-order valence-corrected chi connectivity index (χ2v) is 5.37. The Hall–Kier alpha value is -1.61. The van der Waals surface area contributed by atoms with Crippen molar-refractivity contribution in [2.45, 2.75) is 25.8 Å². The second-order valence-electron chi connectivity index (χ2n) is 5.37. The normalized spacial score (nSPS) is 16.5. The molecule has 2 aromatic rings. The van der Waals surface area contributed by atoms with Crippen molar-refractivity contribution in [3.8, 4) is 0 Å². The van der Waals surface area contributed by atoms with Gasteiger partial charge in [-0.05, 0) is 49.4 Å². The maximum absolute atomic E-state index is 5.34. The molecule has 100 valence electrons. The quantitative estimate of drug-likeness (QED) is 0.890. The number of benzene rings is 1. The highest BCUT2D eigenvalue weighted by Gasteiger charge is 2.31. The number of fused-ring (bicyclic) bond motifs is 1. The van der Waals surface area contributed by atoms with Gasteiger partial charge in [-0.15, -0.1) is 0 Å². The molecule has 0 saturated heterocycles. The van der Waals surface area contributed by atoms with Gasteiger partial charge in [0.05, 0.1) is 18.2 Å². The number of nitrogens with zero attached hydrogens (tertiary/aromatic N) is 1. The number of aromatic nitrogens is 1. The third-order valence-electron chi connectivity index (χ3n) is 3.85. The van der Waals surface area contributed by atoms with Gasteiger partial charge in [0.1, 0.15) is 0 Å². The van der Waals surface area contributed by atoms with Crippen molar-refractivity contribution in [1.82, 2.24) is 4.98 Å². The zero-order valence-electron chi connectivity index (χ0n) is 11.5. The second kappa shape index (κ2) is 5.17. The van der Waals surface area contributed by atoms with Crippen LogP contribution >= 0.6 is 0 Å². The summed E-state index contributed by atoms with van der Waals surface area (Å²) in [7, 11) is 1.77. The molecule has 1 atom stereocenters. The first kappa shape index (κ1) is 12.4. The van der Waals surface area contributed by atoms with Crippen LogP contribution in [0.4, 0.5) is 5.69 Å². The molecular formula is C16H20N2O. The lowest BCUT2D eigenvalue weighted by atomic mass is 10.1. The average molecular weight is 256 g/mol. The van der Waals surface area contributed by atoms with Crippen molar-refractivity contribution < 1.29 is 4.74 Å². The minimum atomic E-state index is 0.413. The van der Waals surface area contributed by atoms with Crippen molar-refractivity contribution in [1.29, 1.82) is 0 Å². The van der Waals surface area contributed by atoms with Crippen LogP contribution in [0.1, 0.15) is 18.4 Å². The molecule has 1 aliphatic rings. The summed E-state index contributed by atoms with van der Waals surface area (Å²) in [6, 6.07) is 8.83. The lowest BCUT2D eigenvalue weighted by Gasteiger charge is -2.20. The summed E-state index contributed by atoms with van der Waals surface area (Å²) in [6.45, 7) is 2.87. The van der Waals surface area contributed by atoms with Gasteiger partial charge in [-0.1, -0.05) is 6.07 Å². The van der Waals surface area contributed by atoms with Crippen LogP contribution in [0, 0.1) is 12.8 Å². The minimum absolute atomic E-state index is 0.413. The zero-order valence-corrected chi connectivity index (χ0v) is 11.5. The van der Waals surface area contributed by atoms with E-state index in [9.17, 15) is 0 Å². The molecule has 1 aliphatic carbocycles. The number of aryl methyl sites for hydroxylation is 1. The van der Waals surface area contributed by atoms with Gasteiger partial charge in [-0.3, -0.25) is 4.98 Å². The molecule has 19 heavy (non-hydrogen) atoms. The Kier molecular flexibility index (Phi) is 3.38. The summed E-state index contributed by atoms with van der Waals surface area (Å²) in [5, 5.41) is 4.85. The Morgan fingerprint density at radius 2 is 2.21 bits per heavy atom. The molecule has 1 aromatic carbocycles. The molecule has 0 amide bonds. The van der Waals surface area contributed by atoms with Crippen LogP contribution in [0.25, 0.3) is 10.9 Å². The van der Waals surface area contributed by atoms with Gasteiger partial charge >= 0.3 is 0 Å². The van der Waals surface area contributed by atoms with Crippen LogP contribution < -0.4 is 5.32 Å². The first-order valence-corrected chi connectivity index (χ1v) is 6.89. The van der Waals surface area contributed by atoms with Crippen molar-refractivity contribution in [3.63, 3.8) is 0 Å². The molecule has 1 N–H and O–H groups in total. The van der Waals surface area contributed by atoms with Crippen LogP contribution in [0.5, 0.6) is 0 Å². The van der Waals surface area contributed by atoms with Crippen LogP contribution in [0.2, 0.25) is 0 Å². The van der Waals surface area contributed by atoms with Crippen LogP contribution in [0.3, 0.4) is 0 Å². The predicted octanol–water partition coefficient (Wildman–Crippen LogP) is 3.38. The van der Waals surface area contributed by atoms with Crippen molar-refractivity contribution in [3.05, 3.63) is 36.0 Å². The van der Waals surface area contributed by atoms with Gasteiger partial charge in [-0.25, -0.2) is 0 Å². The van der Waals surface area contributed by atoms with Crippen molar-refractivity contribution in [2.24, 2.45) is 5.92 Å². The van der Waals surface area contributed by atoms with E-state index >= 15 is 0 Å². The SMILES string of the molecule is COCC(Nc1ccc(C)c2ncccc12)C1CC1. The summed E-state index contributed by atoms with van der Waals surface area (Å²) in [6.07, 6.45) is 4.47. The summed E-state index contributed by atoms with van der Waals surface area (Å²) in [4.78, 5) is 4.48. The molecule has 0 aliphatic heterocycles. The summed E-state index contributed by atoms with van der Waals surface area (Å²) in [5.41, 5.74) is 3.47. The van der Waals surface area contributed by atoms with Gasteiger partial charge in [0, 0.05) is 24.4 Å². The van der Waals surface area contributed by atoms with E-state index in [-0.39, 0.29) is 0 Å². The number of pyridine rings is 1. The van der Waals surface area contributed by atoms with E-state index in [1.165, 1.54) is 29.5 Å². The molecule has 1 heterocycles. The van der Waals surface area contributed by atoms with E-state index in [1.54, 1.807) is 7.11 Å². The van der Waals surface area contributed by atoms with Gasteiger partial charge in [-0.2, -0.15) is 0 Å². The molecule has 3 nitrogen and oxygen atoms in total. The summed E-state index contributed by atoms with van der Waals surface area (Å²) >= 11 is 0. The highest BCUT2D eigenvalue weighted by atomic mass is 16.5. The van der Waals surface area contributed by atoms with Gasteiger partial charge in [0.2, 0.25) is 0 Å². The lowest BCUT2D eigenvalue weighted by Crippen LogP contribution is -2.27. The molecule has 0 bridgehead atoms. The third-order valence-corrected chi connectivity index (χ3v) is 3.85. The number of rotatable bonds is 5. The first-order valence-electron chi connectivity index (χ1n) is 6.89. The van der Waals surface area contributed by atoms with E-state index in [4.69, 9.17) is 4.74 Å². The number of hydrogen-bond acceptors (Lipinski definition) is 3. The molecule has 0 radical (unpaired) electrons. The molecular weight excluding hydrogens is 236 g/mol. The number of anilines is 1. The third kappa shape index (κ3) is 2.56. The van der Waals surface area contributed by atoms with Gasteiger partial charge in [0.25, 0.3) is 0 Å². The number of nitrogens with one attached hydrogen (secondary N) is 1. The number of methoxy groups -OCH3 is 1. The number of ether oxygens (including phenoxy) is 1. The van der Waals surface area contributed by atoms with Crippen LogP contribution in [-0.2, 0) is 4.74 Å². The van der Waals surface area contributed by atoms with Crippen LogP contribution in [-0.4, -0.2) is 24.7 Å². The topological polar surface area (TPSA) is 34.1 Å². The Morgan fingerprint density at radius 1 is 1.37 bits per heavy atom. The van der Waals surface area contributed by atoms with E-state index in [1.807, 2.05) is 12.3 Å². The maximum atomic E-state index is 5.34. The first-order chi connectivity index (χ1) is 9.29. The molecule has 3 heteroatoms. The van der Waals surface area contributed by atoms with E-state index < -0.39 is 0 Å². The fraction of sp³-hybridized carbons (Fsp3) is 0.438. The van der Waals surface area contributed by atoms with E-state index in [2.05, 4.69) is 35.4 Å². The van der Waals surface area contributed by atoms with Gasteiger partial charge in [0.15, 0.2) is 0 Å². The molecule has 3 rings (SSSR count). The number of hydrogen-bond donors (Lipinski definition) is 1. The molecule has 1 fully saturated rings. The standard InChI is InChI=1S/C16H20N2O/c1-11-5-8-14(13-4-3-9-17-16(11)13)18-15(10-19-2)12-6-7-12/h3-5,8-9,12,15,18H,6-7,10H2,1-2H3. The largest absolute Gasteiger partial charge is 0.383 e. The molecule has 1 unspecified atom stereocenters. The lowest BCUT2D eigenvalue weighted by molar-refractivity contribution is 0.179. The fourth-order valence-electron chi connectivity index (χ4n) is 2.61. The summed E-state index contributed by atoms with van der Waals surface area (Å²) < 4.78 is 5.34. The Labute approximate surface area is 114 Å². The van der Waals surface area contributed by atoms with Crippen LogP contribution in [0.15, 0.2) is 30.5 Å². The van der Waals surface area contributed by atoms with E-state index in [0.29, 0.717) is 6.04 Å². The Bertz CT molecular complexity index is 578. The van der Waals surface area contributed by atoms with Crippen molar-refractivity contribution in [2.75, 3.05) is 19.0 Å². The summed E-state index contributed by atoms with van der Waals surface area (Å²) in [5.74, 6) is 0.757. The monoisotopic (exact) mass is 256 g/mol. The molecule has 1 saturated carbocycles. The maximum Gasteiger partial charge on any atom is 0.0751 e. The predicted molar refractivity (Wildman–Crippen MR) is 78.5 cm³/mol. The molecule has 0 spiro atoms. The average Bonchev–Trinajstić information content (AvgIpc) is 3.26. The highest BCUT2D eigenvalue weighted by Crippen LogP contribution is 2.35. The minimum Gasteiger partial charge on any atom is -0.383 e. The molecule has 1 aromatic heterocycles. The zero-order chi connectivity index (χ0) is 13.2. The smallest absolute Gasteiger partial charge is 0.0751 e. The highest BCUT2D eigenvalue weighted by molar-refractivity contribution is 5.93. The van der Waals surface area contributed by atoms with E-state index in [0.717, 1.165) is 18.0 Å². The fourth-order valence-corrected chi connectivity index (χ4v) is 2.61. The van der Waals surface area contributed by atoms with Gasteiger partial charge < -0.3 is 10.1 Å².